The van der Waals surface area contributed by atoms with Crippen LogP contribution in [0, 0.1) is 0 Å². The third-order valence-corrected chi connectivity index (χ3v) is 4.74. The summed E-state index contributed by atoms with van der Waals surface area (Å²) in [6, 6.07) is 10.9. The van der Waals surface area contributed by atoms with Crippen LogP contribution in [0.3, 0.4) is 0 Å². The minimum Gasteiger partial charge on any atom is -1.00 e. The number of unbranched alkanes of at least 4 members (excludes halogenated alkanes) is 9. The van der Waals surface area contributed by atoms with Crippen molar-refractivity contribution in [1.82, 2.24) is 0 Å². The van der Waals surface area contributed by atoms with Crippen molar-refractivity contribution in [3.8, 4) is 0 Å². The van der Waals surface area contributed by atoms with E-state index in [4.69, 9.17) is 15.6 Å². The highest BCUT2D eigenvalue weighted by atomic mass is 35.5. The van der Waals surface area contributed by atoms with Crippen molar-refractivity contribution >= 4 is 5.97 Å². The van der Waals surface area contributed by atoms with E-state index in [1.165, 1.54) is 76.3 Å². The number of hydrogen-bond donors (Lipinski definition) is 2. The monoisotopic (exact) mass is 456 g/mol. The Labute approximate surface area is 198 Å². The van der Waals surface area contributed by atoms with Crippen LogP contribution >= 0.6 is 0 Å². The normalized spacial score (nSPS) is 9.97. The Bertz CT molecular complexity index is 503. The zero-order valence-corrected chi connectivity index (χ0v) is 21.4. The van der Waals surface area contributed by atoms with E-state index in [1.54, 1.807) is 6.08 Å². The van der Waals surface area contributed by atoms with Gasteiger partial charge in [-0.2, -0.15) is 0 Å². The first-order chi connectivity index (χ1) is 14.3. The van der Waals surface area contributed by atoms with E-state index in [-0.39, 0.29) is 12.4 Å². The molecule has 0 unspecified atom stereocenters. The van der Waals surface area contributed by atoms with Crippen LogP contribution in [0.25, 0.3) is 0 Å². The third-order valence-electron chi connectivity index (χ3n) is 4.74. The Hall–Kier alpha value is -1.36. The van der Waals surface area contributed by atoms with Gasteiger partial charge in [0.2, 0.25) is 0 Å². The molecule has 0 aromatic heterocycles. The van der Waals surface area contributed by atoms with Gasteiger partial charge in [-0.25, -0.2) is 0 Å². The van der Waals surface area contributed by atoms with Crippen molar-refractivity contribution < 1.29 is 26.8 Å². The van der Waals surface area contributed by atoms with Crippen LogP contribution in [0.5, 0.6) is 0 Å². The fourth-order valence-corrected chi connectivity index (χ4v) is 3.18. The van der Waals surface area contributed by atoms with Gasteiger partial charge in [-0.15, -0.1) is 6.58 Å². The van der Waals surface area contributed by atoms with Gasteiger partial charge >= 0.3 is 0 Å². The lowest BCUT2D eigenvalue weighted by atomic mass is 10.1. The lowest BCUT2D eigenvalue weighted by Crippen LogP contribution is -3.00. The predicted molar refractivity (Wildman–Crippen MR) is 132 cm³/mol. The first-order valence-electron chi connectivity index (χ1n) is 11.7. The molecule has 5 heteroatoms. The quantitative estimate of drug-likeness (QED) is 0.256. The average Bonchev–Trinajstić information content (AvgIpc) is 2.69. The van der Waals surface area contributed by atoms with Crippen LogP contribution in [0.4, 0.5) is 0 Å². The summed E-state index contributed by atoms with van der Waals surface area (Å²) in [5, 5.41) is 7.42. The molecule has 1 rings (SSSR count). The predicted octanol–water partition coefficient (Wildman–Crippen LogP) is 3.41. The molecule has 0 atom stereocenters. The van der Waals surface area contributed by atoms with Crippen molar-refractivity contribution in [2.75, 3.05) is 27.2 Å². The summed E-state index contributed by atoms with van der Waals surface area (Å²) in [7, 11) is 4.72. The number of carbonyl (C=O) groups is 1. The van der Waals surface area contributed by atoms with Gasteiger partial charge in [-0.05, 0) is 12.8 Å². The van der Waals surface area contributed by atoms with Crippen LogP contribution in [0.15, 0.2) is 43.0 Å². The average molecular weight is 457 g/mol. The van der Waals surface area contributed by atoms with E-state index in [1.807, 2.05) is 0 Å². The van der Waals surface area contributed by atoms with Crippen molar-refractivity contribution in [2.45, 2.75) is 84.6 Å². The van der Waals surface area contributed by atoms with Gasteiger partial charge < -0.3 is 27.7 Å². The summed E-state index contributed by atoms with van der Waals surface area (Å²) in [5.74, 6) is -0.833. The fourth-order valence-electron chi connectivity index (χ4n) is 3.18. The first-order valence-corrected chi connectivity index (χ1v) is 11.7. The molecule has 0 aliphatic carbocycles. The molecule has 4 nitrogen and oxygen atoms in total. The lowest BCUT2D eigenvalue weighted by molar-refractivity contribution is -0.903. The molecule has 1 aromatic carbocycles. The van der Waals surface area contributed by atoms with Crippen molar-refractivity contribution in [2.24, 2.45) is 5.73 Å². The second-order valence-electron chi connectivity index (χ2n) is 8.53. The number of halogens is 1. The SMILES string of the molecule is C=CCN.CC(=O)O.CCCCCCCCCCCC[N+](C)(C)Cc1ccccc1.[Cl-]. The zero-order valence-electron chi connectivity index (χ0n) is 20.6. The van der Waals surface area contributed by atoms with E-state index < -0.39 is 5.97 Å². The minimum atomic E-state index is -0.833. The Balaban J connectivity index is -0.000000747. The molecule has 182 valence electrons. The maximum absolute atomic E-state index is 9.00. The van der Waals surface area contributed by atoms with Gasteiger partial charge in [-0.1, -0.05) is 94.7 Å². The number of hydrogen-bond acceptors (Lipinski definition) is 2. The maximum Gasteiger partial charge on any atom is 0.300 e. The van der Waals surface area contributed by atoms with Crippen molar-refractivity contribution in [1.29, 1.82) is 0 Å². The standard InChI is InChI=1S/C21H38N.C3H7N.C2H4O2.ClH/c1-4-5-6-7-8-9-10-11-12-16-19-22(2,3)20-21-17-14-13-15-18-21;1-2-3-4;1-2(3)4;/h13-15,17-18H,4-12,16,19-20H2,1-3H3;2H,1,3-4H2;1H3,(H,3,4);1H/q+1;;;/p-1. The summed E-state index contributed by atoms with van der Waals surface area (Å²) in [4.78, 5) is 9.00. The summed E-state index contributed by atoms with van der Waals surface area (Å²) in [6.07, 6.45) is 15.9. The molecule has 0 aliphatic rings. The molecular weight excluding hydrogens is 408 g/mol. The molecule has 0 spiro atoms. The van der Waals surface area contributed by atoms with Gasteiger partial charge in [0.05, 0.1) is 20.6 Å². The molecule has 0 aliphatic heterocycles. The van der Waals surface area contributed by atoms with E-state index in [0.29, 0.717) is 6.54 Å². The van der Waals surface area contributed by atoms with E-state index in [2.05, 4.69) is 57.9 Å². The Kier molecular flexibility index (Phi) is 27.5. The molecule has 0 saturated carbocycles. The van der Waals surface area contributed by atoms with Crippen LogP contribution in [0.2, 0.25) is 0 Å². The number of benzene rings is 1. The smallest absolute Gasteiger partial charge is 0.300 e. The Morgan fingerprint density at radius 2 is 1.35 bits per heavy atom. The van der Waals surface area contributed by atoms with E-state index in [0.717, 1.165) is 18.0 Å². The number of carboxylic acid groups (broad SMARTS) is 1. The topological polar surface area (TPSA) is 63.3 Å². The molecule has 3 N–H and O–H groups in total. The van der Waals surface area contributed by atoms with Gasteiger partial charge in [0.25, 0.3) is 5.97 Å². The molecule has 0 amide bonds. The van der Waals surface area contributed by atoms with Gasteiger partial charge in [-0.3, -0.25) is 4.79 Å². The highest BCUT2D eigenvalue weighted by Crippen LogP contribution is 2.13. The summed E-state index contributed by atoms with van der Waals surface area (Å²) >= 11 is 0. The molecule has 0 radical (unpaired) electrons. The zero-order chi connectivity index (χ0) is 23.1. The molecular formula is C26H49ClN2O2. The third kappa shape index (κ3) is 30.9. The first kappa shape index (κ1) is 34.3. The maximum atomic E-state index is 9.00. The van der Waals surface area contributed by atoms with Gasteiger partial charge in [0, 0.05) is 19.0 Å². The number of aliphatic carboxylic acids is 1. The largest absolute Gasteiger partial charge is 1.00 e. The fraction of sp³-hybridized carbons (Fsp3) is 0.654. The highest BCUT2D eigenvalue weighted by molar-refractivity contribution is 5.62. The molecule has 0 heterocycles. The summed E-state index contributed by atoms with van der Waals surface area (Å²) in [6.45, 7) is 9.76. The number of rotatable bonds is 14. The minimum absolute atomic E-state index is 0. The Morgan fingerprint density at radius 3 is 1.74 bits per heavy atom. The highest BCUT2D eigenvalue weighted by Gasteiger charge is 2.14. The van der Waals surface area contributed by atoms with Crippen LogP contribution in [-0.2, 0) is 11.3 Å². The van der Waals surface area contributed by atoms with Crippen molar-refractivity contribution in [3.05, 3.63) is 48.6 Å². The molecule has 0 saturated heterocycles. The number of nitrogens with two attached hydrogens (primary N) is 1. The number of nitrogens with zero attached hydrogens (tertiary/aromatic N) is 1. The van der Waals surface area contributed by atoms with Crippen LogP contribution in [0.1, 0.15) is 83.6 Å². The summed E-state index contributed by atoms with van der Waals surface area (Å²) < 4.78 is 1.11. The Morgan fingerprint density at radius 1 is 0.968 bits per heavy atom. The second kappa shape index (κ2) is 24.9. The van der Waals surface area contributed by atoms with E-state index in [9.17, 15) is 0 Å². The molecule has 0 bridgehead atoms. The second-order valence-corrected chi connectivity index (χ2v) is 8.53. The van der Waals surface area contributed by atoms with Gasteiger partial charge in [0.1, 0.15) is 6.54 Å². The van der Waals surface area contributed by atoms with Crippen LogP contribution < -0.4 is 18.1 Å². The molecule has 31 heavy (non-hydrogen) atoms. The van der Waals surface area contributed by atoms with Gasteiger partial charge in [0.15, 0.2) is 0 Å². The van der Waals surface area contributed by atoms with Crippen LogP contribution in [-0.4, -0.2) is 42.7 Å². The molecule has 1 aromatic rings. The van der Waals surface area contributed by atoms with Crippen molar-refractivity contribution in [3.63, 3.8) is 0 Å². The molecule has 0 fully saturated rings. The van der Waals surface area contributed by atoms with E-state index >= 15 is 0 Å². The number of quaternary nitrogens is 1. The number of carboxylic acids is 1. The summed E-state index contributed by atoms with van der Waals surface area (Å²) in [5.41, 5.74) is 6.37. The lowest BCUT2D eigenvalue weighted by Gasteiger charge is -2.30.